The Bertz CT molecular complexity index is 559. The molecule has 0 aliphatic rings. The van der Waals surface area contributed by atoms with E-state index in [0.717, 1.165) is 11.8 Å². The first-order valence-electron chi connectivity index (χ1n) is 5.35. The summed E-state index contributed by atoms with van der Waals surface area (Å²) < 4.78 is 38.8. The van der Waals surface area contributed by atoms with E-state index in [-0.39, 0.29) is 5.56 Å². The van der Waals surface area contributed by atoms with E-state index < -0.39 is 11.7 Å². The topological polar surface area (TPSA) is 25.8 Å². The Morgan fingerprint density at radius 2 is 1.61 bits per heavy atom. The van der Waals surface area contributed by atoms with Gasteiger partial charge in [0.05, 0.1) is 5.56 Å². The number of pyridine rings is 2. The third-order valence-corrected chi connectivity index (χ3v) is 2.57. The Kier molecular flexibility index (Phi) is 3.07. The van der Waals surface area contributed by atoms with Gasteiger partial charge in [-0.1, -0.05) is 6.07 Å². The van der Waals surface area contributed by atoms with Gasteiger partial charge >= 0.3 is 6.18 Å². The van der Waals surface area contributed by atoms with Gasteiger partial charge in [0.15, 0.2) is 0 Å². The highest BCUT2D eigenvalue weighted by molar-refractivity contribution is 5.66. The number of nitrogens with zero attached hydrogens (tertiary/aromatic N) is 2. The molecular weight excluding hydrogens is 241 g/mol. The Hall–Kier alpha value is -1.91. The lowest BCUT2D eigenvalue weighted by molar-refractivity contribution is -0.137. The minimum Gasteiger partial charge on any atom is -0.261 e. The first-order valence-corrected chi connectivity index (χ1v) is 5.35. The van der Waals surface area contributed by atoms with Gasteiger partial charge in [0.1, 0.15) is 0 Å². The number of aryl methyl sites for hydroxylation is 2. The highest BCUT2D eigenvalue weighted by Crippen LogP contribution is 2.36. The van der Waals surface area contributed by atoms with Crippen LogP contribution in [0.5, 0.6) is 0 Å². The maximum Gasteiger partial charge on any atom is 0.417 e. The van der Waals surface area contributed by atoms with Crippen LogP contribution in [0.1, 0.15) is 17.0 Å². The van der Waals surface area contributed by atoms with Crippen molar-refractivity contribution in [3.63, 3.8) is 0 Å². The molecule has 0 saturated carbocycles. The number of rotatable bonds is 1. The number of alkyl halides is 3. The van der Waals surface area contributed by atoms with Gasteiger partial charge in [0.2, 0.25) is 0 Å². The third-order valence-electron chi connectivity index (χ3n) is 2.57. The third kappa shape index (κ3) is 2.50. The lowest BCUT2D eigenvalue weighted by Crippen LogP contribution is -2.08. The van der Waals surface area contributed by atoms with Crippen molar-refractivity contribution in [2.24, 2.45) is 0 Å². The molecule has 0 saturated heterocycles. The highest BCUT2D eigenvalue weighted by atomic mass is 19.4. The lowest BCUT2D eigenvalue weighted by atomic mass is 10.0. The van der Waals surface area contributed by atoms with E-state index in [4.69, 9.17) is 0 Å². The molecular formula is C13H11F3N2. The molecule has 0 N–H and O–H groups in total. The van der Waals surface area contributed by atoms with Gasteiger partial charge in [0.25, 0.3) is 0 Å². The van der Waals surface area contributed by atoms with Gasteiger partial charge in [-0.3, -0.25) is 9.97 Å². The van der Waals surface area contributed by atoms with Crippen LogP contribution in [0.4, 0.5) is 13.2 Å². The van der Waals surface area contributed by atoms with Crippen LogP contribution in [0, 0.1) is 13.8 Å². The fraction of sp³-hybridized carbons (Fsp3) is 0.231. The molecule has 0 spiro atoms. The molecule has 5 heteroatoms. The van der Waals surface area contributed by atoms with Crippen molar-refractivity contribution in [3.8, 4) is 11.1 Å². The zero-order chi connectivity index (χ0) is 13.3. The fourth-order valence-corrected chi connectivity index (χ4v) is 1.65. The summed E-state index contributed by atoms with van der Waals surface area (Å²) >= 11 is 0. The molecule has 0 atom stereocenters. The van der Waals surface area contributed by atoms with E-state index in [1.54, 1.807) is 19.1 Å². The summed E-state index contributed by atoms with van der Waals surface area (Å²) in [5.74, 6) is 0. The molecule has 2 aromatic rings. The normalized spacial score (nSPS) is 11.6. The second-order valence-corrected chi connectivity index (χ2v) is 4.06. The molecule has 0 unspecified atom stereocenters. The van der Waals surface area contributed by atoms with Gasteiger partial charge in [-0.15, -0.1) is 0 Å². The van der Waals surface area contributed by atoms with Crippen LogP contribution >= 0.6 is 0 Å². The van der Waals surface area contributed by atoms with E-state index >= 15 is 0 Å². The lowest BCUT2D eigenvalue weighted by Gasteiger charge is -2.13. The van der Waals surface area contributed by atoms with Crippen LogP contribution < -0.4 is 0 Å². The van der Waals surface area contributed by atoms with Crippen LogP contribution in [0.25, 0.3) is 11.1 Å². The van der Waals surface area contributed by atoms with Gasteiger partial charge in [0, 0.05) is 34.9 Å². The Balaban J connectivity index is 2.60. The van der Waals surface area contributed by atoms with E-state index in [1.807, 2.05) is 0 Å². The summed E-state index contributed by atoms with van der Waals surface area (Å²) in [6.45, 7) is 3.31. The van der Waals surface area contributed by atoms with Gasteiger partial charge < -0.3 is 0 Å². The van der Waals surface area contributed by atoms with Crippen LogP contribution in [0.3, 0.4) is 0 Å². The predicted molar refractivity (Wildman–Crippen MR) is 61.9 cm³/mol. The van der Waals surface area contributed by atoms with E-state index in [0.29, 0.717) is 11.3 Å². The van der Waals surface area contributed by atoms with Crippen molar-refractivity contribution in [1.29, 1.82) is 0 Å². The van der Waals surface area contributed by atoms with Crippen molar-refractivity contribution in [2.75, 3.05) is 0 Å². The average molecular weight is 252 g/mol. The monoisotopic (exact) mass is 252 g/mol. The van der Waals surface area contributed by atoms with Gasteiger partial charge in [-0.25, -0.2) is 0 Å². The second kappa shape index (κ2) is 4.40. The minimum atomic E-state index is -4.39. The molecule has 2 heterocycles. The van der Waals surface area contributed by atoms with Crippen LogP contribution in [-0.4, -0.2) is 9.97 Å². The number of hydrogen-bond donors (Lipinski definition) is 0. The standard InChI is InChI=1S/C13H11F3N2/c1-8-3-4-10(6-17-8)11-7-18-9(2)5-12(11)13(14,15)16/h3-7H,1-2H3. The summed E-state index contributed by atoms with van der Waals surface area (Å²) in [5, 5.41) is 0. The summed E-state index contributed by atoms with van der Waals surface area (Å²) in [7, 11) is 0. The van der Waals surface area contributed by atoms with Crippen LogP contribution in [-0.2, 0) is 6.18 Å². The quantitative estimate of drug-likeness (QED) is 0.771. The zero-order valence-electron chi connectivity index (χ0n) is 9.92. The molecule has 0 aromatic carbocycles. The molecule has 0 bridgehead atoms. The first kappa shape index (κ1) is 12.5. The molecule has 2 rings (SSSR count). The Morgan fingerprint density at radius 3 is 2.17 bits per heavy atom. The molecule has 0 aliphatic carbocycles. The second-order valence-electron chi connectivity index (χ2n) is 4.06. The molecule has 2 nitrogen and oxygen atoms in total. The molecule has 0 aliphatic heterocycles. The Morgan fingerprint density at radius 1 is 0.944 bits per heavy atom. The summed E-state index contributed by atoms with van der Waals surface area (Å²) in [4.78, 5) is 7.93. The predicted octanol–water partition coefficient (Wildman–Crippen LogP) is 3.78. The van der Waals surface area contributed by atoms with Crippen molar-refractivity contribution < 1.29 is 13.2 Å². The summed E-state index contributed by atoms with van der Waals surface area (Å²) in [6.07, 6.45) is -1.73. The fourth-order valence-electron chi connectivity index (χ4n) is 1.65. The maximum atomic E-state index is 12.9. The first-order chi connectivity index (χ1) is 8.38. The molecule has 94 valence electrons. The van der Waals surface area contributed by atoms with E-state index in [2.05, 4.69) is 9.97 Å². The van der Waals surface area contributed by atoms with E-state index in [9.17, 15) is 13.2 Å². The van der Waals surface area contributed by atoms with Crippen molar-refractivity contribution in [1.82, 2.24) is 9.97 Å². The average Bonchev–Trinajstić information content (AvgIpc) is 2.29. The molecule has 0 radical (unpaired) electrons. The van der Waals surface area contributed by atoms with Crippen molar-refractivity contribution in [2.45, 2.75) is 20.0 Å². The summed E-state index contributed by atoms with van der Waals surface area (Å²) in [5.41, 5.74) is 0.889. The van der Waals surface area contributed by atoms with Gasteiger partial charge in [-0.05, 0) is 26.0 Å². The smallest absolute Gasteiger partial charge is 0.261 e. The molecule has 0 fully saturated rings. The van der Waals surface area contributed by atoms with E-state index in [1.165, 1.54) is 19.3 Å². The minimum absolute atomic E-state index is 0.0561. The maximum absolute atomic E-state index is 12.9. The molecule has 18 heavy (non-hydrogen) atoms. The number of hydrogen-bond acceptors (Lipinski definition) is 2. The van der Waals surface area contributed by atoms with Crippen LogP contribution in [0.15, 0.2) is 30.6 Å². The zero-order valence-corrected chi connectivity index (χ0v) is 9.92. The Labute approximate surface area is 103 Å². The largest absolute Gasteiger partial charge is 0.417 e. The SMILES string of the molecule is Cc1ccc(-c2cnc(C)cc2C(F)(F)F)cn1. The number of aromatic nitrogens is 2. The number of halogens is 3. The molecule has 2 aromatic heterocycles. The molecule has 0 amide bonds. The highest BCUT2D eigenvalue weighted by Gasteiger charge is 2.34. The van der Waals surface area contributed by atoms with Crippen LogP contribution in [0.2, 0.25) is 0 Å². The van der Waals surface area contributed by atoms with Crippen molar-refractivity contribution in [3.05, 3.63) is 47.5 Å². The van der Waals surface area contributed by atoms with Crippen molar-refractivity contribution >= 4 is 0 Å². The summed E-state index contributed by atoms with van der Waals surface area (Å²) in [6, 6.07) is 4.34. The van der Waals surface area contributed by atoms with Gasteiger partial charge in [-0.2, -0.15) is 13.2 Å².